The minimum absolute atomic E-state index is 0.00689. The van der Waals surface area contributed by atoms with Crippen molar-refractivity contribution < 1.29 is 0 Å². The first-order valence-corrected chi connectivity index (χ1v) is 6.09. The Morgan fingerprint density at radius 3 is 2.29 bits per heavy atom. The number of hydrogen-bond donors (Lipinski definition) is 2. The van der Waals surface area contributed by atoms with Crippen LogP contribution in [-0.2, 0) is 0 Å². The molecule has 1 aromatic heterocycles. The van der Waals surface area contributed by atoms with Gasteiger partial charge >= 0.3 is 0 Å². The molecule has 0 aliphatic heterocycles. The average molecular weight is 235 g/mol. The zero-order chi connectivity index (χ0) is 13.3. The second-order valence-electron chi connectivity index (χ2n) is 6.67. The highest BCUT2D eigenvalue weighted by Crippen LogP contribution is 2.29. The second-order valence-corrected chi connectivity index (χ2v) is 6.67. The monoisotopic (exact) mass is 235 g/mol. The molecule has 17 heavy (non-hydrogen) atoms. The summed E-state index contributed by atoms with van der Waals surface area (Å²) in [6.07, 6.45) is 2.88. The van der Waals surface area contributed by atoms with E-state index in [2.05, 4.69) is 44.9 Å². The molecule has 0 bridgehead atoms. The van der Waals surface area contributed by atoms with E-state index >= 15 is 0 Å². The van der Waals surface area contributed by atoms with Crippen LogP contribution in [0, 0.1) is 12.3 Å². The van der Waals surface area contributed by atoms with E-state index in [1.807, 2.05) is 19.2 Å². The van der Waals surface area contributed by atoms with Gasteiger partial charge in [0.25, 0.3) is 0 Å². The Kier molecular flexibility index (Phi) is 3.70. The number of anilines is 2. The van der Waals surface area contributed by atoms with E-state index in [0.717, 1.165) is 23.5 Å². The van der Waals surface area contributed by atoms with E-state index in [1.54, 1.807) is 0 Å². The molecular formula is C14H25N3. The highest BCUT2D eigenvalue weighted by molar-refractivity contribution is 5.54. The van der Waals surface area contributed by atoms with Crippen molar-refractivity contribution in [2.45, 2.75) is 53.5 Å². The van der Waals surface area contributed by atoms with E-state index in [4.69, 9.17) is 5.73 Å². The molecule has 0 saturated carbocycles. The minimum atomic E-state index is 0.00689. The summed E-state index contributed by atoms with van der Waals surface area (Å²) in [6, 6.07) is 1.90. The van der Waals surface area contributed by atoms with Crippen molar-refractivity contribution in [3.63, 3.8) is 0 Å². The van der Waals surface area contributed by atoms with Gasteiger partial charge in [-0.3, -0.25) is 0 Å². The Balaban J connectivity index is 2.79. The molecule has 0 aromatic carbocycles. The molecule has 0 saturated heterocycles. The van der Waals surface area contributed by atoms with E-state index in [-0.39, 0.29) is 11.0 Å². The predicted molar refractivity (Wildman–Crippen MR) is 75.2 cm³/mol. The summed E-state index contributed by atoms with van der Waals surface area (Å²) >= 11 is 0. The van der Waals surface area contributed by atoms with Crippen LogP contribution in [0.3, 0.4) is 0 Å². The molecule has 1 aromatic rings. The van der Waals surface area contributed by atoms with Gasteiger partial charge in [0.05, 0.1) is 0 Å². The summed E-state index contributed by atoms with van der Waals surface area (Å²) in [5.41, 5.74) is 7.98. The first-order valence-electron chi connectivity index (χ1n) is 6.09. The summed E-state index contributed by atoms with van der Waals surface area (Å²) in [5.74, 6) is 0.849. The smallest absolute Gasteiger partial charge is 0.128 e. The van der Waals surface area contributed by atoms with Crippen molar-refractivity contribution in [2.24, 2.45) is 5.41 Å². The fourth-order valence-electron chi connectivity index (χ4n) is 2.32. The van der Waals surface area contributed by atoms with Crippen LogP contribution >= 0.6 is 0 Å². The predicted octanol–water partition coefficient (Wildman–Crippen LogP) is 3.60. The fraction of sp³-hybridized carbons (Fsp3) is 0.643. The number of aromatic nitrogens is 1. The molecule has 3 heteroatoms. The number of hydrogen-bond acceptors (Lipinski definition) is 3. The van der Waals surface area contributed by atoms with Gasteiger partial charge in [-0.05, 0) is 38.2 Å². The lowest BCUT2D eigenvalue weighted by molar-refractivity contribution is 0.302. The van der Waals surface area contributed by atoms with Gasteiger partial charge in [-0.1, -0.05) is 20.8 Å². The second kappa shape index (κ2) is 4.55. The van der Waals surface area contributed by atoms with Crippen LogP contribution in [-0.4, -0.2) is 10.5 Å². The van der Waals surface area contributed by atoms with E-state index in [0.29, 0.717) is 0 Å². The average Bonchev–Trinajstić information content (AvgIpc) is 2.06. The third-order valence-corrected chi connectivity index (χ3v) is 2.58. The van der Waals surface area contributed by atoms with Gasteiger partial charge in [-0.15, -0.1) is 0 Å². The number of rotatable bonds is 3. The van der Waals surface area contributed by atoms with E-state index in [9.17, 15) is 0 Å². The lowest BCUT2D eigenvalue weighted by Gasteiger charge is -2.33. The zero-order valence-corrected chi connectivity index (χ0v) is 11.9. The summed E-state index contributed by atoms with van der Waals surface area (Å²) in [4.78, 5) is 4.36. The Bertz CT molecular complexity index is 389. The van der Waals surface area contributed by atoms with Gasteiger partial charge in [0.2, 0.25) is 0 Å². The molecule has 0 spiro atoms. The quantitative estimate of drug-likeness (QED) is 0.841. The van der Waals surface area contributed by atoms with Crippen molar-refractivity contribution in [1.82, 2.24) is 4.98 Å². The lowest BCUT2D eigenvalue weighted by atomic mass is 9.82. The van der Waals surface area contributed by atoms with Crippen LogP contribution in [0.15, 0.2) is 12.3 Å². The number of aryl methyl sites for hydroxylation is 1. The number of nitrogen functional groups attached to an aromatic ring is 1. The molecule has 96 valence electrons. The summed E-state index contributed by atoms with van der Waals surface area (Å²) in [5, 5.41) is 3.45. The molecule has 3 N–H and O–H groups in total. The number of nitrogens with zero attached hydrogens (tertiary/aromatic N) is 1. The summed E-state index contributed by atoms with van der Waals surface area (Å²) < 4.78 is 0. The maximum absolute atomic E-state index is 5.89. The Morgan fingerprint density at radius 1 is 1.24 bits per heavy atom. The molecule has 0 radical (unpaired) electrons. The molecule has 0 aliphatic carbocycles. The zero-order valence-electron chi connectivity index (χ0n) is 11.9. The highest BCUT2D eigenvalue weighted by Gasteiger charge is 2.25. The largest absolute Gasteiger partial charge is 0.398 e. The van der Waals surface area contributed by atoms with Gasteiger partial charge in [0, 0.05) is 23.5 Å². The third-order valence-electron chi connectivity index (χ3n) is 2.58. The minimum Gasteiger partial charge on any atom is -0.398 e. The van der Waals surface area contributed by atoms with Gasteiger partial charge in [-0.2, -0.15) is 0 Å². The molecular weight excluding hydrogens is 210 g/mol. The van der Waals surface area contributed by atoms with Gasteiger partial charge in [-0.25, -0.2) is 4.98 Å². The van der Waals surface area contributed by atoms with Crippen LogP contribution < -0.4 is 11.1 Å². The van der Waals surface area contributed by atoms with Crippen molar-refractivity contribution >= 4 is 11.5 Å². The van der Waals surface area contributed by atoms with Crippen molar-refractivity contribution in [3.05, 3.63) is 17.8 Å². The lowest BCUT2D eigenvalue weighted by Crippen LogP contribution is -2.35. The Morgan fingerprint density at radius 2 is 1.82 bits per heavy atom. The topological polar surface area (TPSA) is 50.9 Å². The first-order chi connectivity index (χ1) is 7.59. The Hall–Kier alpha value is -1.25. The maximum atomic E-state index is 5.89. The summed E-state index contributed by atoms with van der Waals surface area (Å²) in [7, 11) is 0. The Labute approximate surface area is 105 Å². The van der Waals surface area contributed by atoms with Crippen LogP contribution in [0.2, 0.25) is 0 Å². The highest BCUT2D eigenvalue weighted by atomic mass is 15.0. The molecule has 0 atom stereocenters. The molecule has 1 rings (SSSR count). The fourth-order valence-corrected chi connectivity index (χ4v) is 2.32. The summed E-state index contributed by atoms with van der Waals surface area (Å²) in [6.45, 7) is 13.1. The van der Waals surface area contributed by atoms with Crippen LogP contribution in [0.25, 0.3) is 0 Å². The van der Waals surface area contributed by atoms with Gasteiger partial charge < -0.3 is 11.1 Å². The molecule has 0 fully saturated rings. The standard InChI is InChI=1S/C14H25N3/c1-10-8-16-12(7-11(10)15)17-14(5,6)9-13(2,3)4/h7-8H,9H2,1-6H3,(H3,15,16,17). The van der Waals surface area contributed by atoms with Crippen LogP contribution in [0.4, 0.5) is 11.5 Å². The van der Waals surface area contributed by atoms with Crippen molar-refractivity contribution in [3.8, 4) is 0 Å². The number of pyridine rings is 1. The van der Waals surface area contributed by atoms with Gasteiger partial charge in [0.1, 0.15) is 5.82 Å². The van der Waals surface area contributed by atoms with Crippen LogP contribution in [0.5, 0.6) is 0 Å². The SMILES string of the molecule is Cc1cnc(NC(C)(C)CC(C)(C)C)cc1N. The van der Waals surface area contributed by atoms with Crippen molar-refractivity contribution in [2.75, 3.05) is 11.1 Å². The number of nitrogens with two attached hydrogens (primary N) is 1. The molecule has 1 heterocycles. The van der Waals surface area contributed by atoms with Crippen LogP contribution in [0.1, 0.15) is 46.6 Å². The third kappa shape index (κ3) is 4.63. The van der Waals surface area contributed by atoms with Gasteiger partial charge in [0.15, 0.2) is 0 Å². The van der Waals surface area contributed by atoms with E-state index in [1.165, 1.54) is 0 Å². The molecule has 0 unspecified atom stereocenters. The maximum Gasteiger partial charge on any atom is 0.128 e. The normalized spacial score (nSPS) is 12.6. The van der Waals surface area contributed by atoms with E-state index < -0.39 is 0 Å². The van der Waals surface area contributed by atoms with Crippen molar-refractivity contribution in [1.29, 1.82) is 0 Å². The molecule has 3 nitrogen and oxygen atoms in total. The molecule has 0 aliphatic rings. The molecule has 0 amide bonds. The first kappa shape index (κ1) is 13.8. The number of nitrogens with one attached hydrogen (secondary N) is 1.